The van der Waals surface area contributed by atoms with Gasteiger partial charge in [0.1, 0.15) is 5.69 Å². The normalized spacial score (nSPS) is 20.2. The fourth-order valence-electron chi connectivity index (χ4n) is 3.50. The summed E-state index contributed by atoms with van der Waals surface area (Å²) in [6.45, 7) is 4.56. The first kappa shape index (κ1) is 20.2. The van der Waals surface area contributed by atoms with Gasteiger partial charge in [-0.3, -0.25) is 15.0 Å². The Balaban J connectivity index is 1.76. The molecule has 0 aliphatic carbocycles. The van der Waals surface area contributed by atoms with Crippen molar-refractivity contribution in [3.8, 4) is 0 Å². The molecule has 0 amide bonds. The van der Waals surface area contributed by atoms with E-state index in [1.165, 1.54) is 24.7 Å². The van der Waals surface area contributed by atoms with E-state index in [1.807, 2.05) is 18.2 Å². The number of anilines is 1. The molecule has 0 radical (unpaired) electrons. The lowest BCUT2D eigenvalue weighted by atomic mass is 10.1. The number of nitro groups is 1. The highest BCUT2D eigenvalue weighted by Crippen LogP contribution is 2.30. The van der Waals surface area contributed by atoms with Crippen LogP contribution >= 0.6 is 0 Å². The average molecular weight is 404 g/mol. The third kappa shape index (κ3) is 4.49. The van der Waals surface area contributed by atoms with E-state index in [0.29, 0.717) is 11.6 Å². The van der Waals surface area contributed by atoms with Crippen LogP contribution in [0.3, 0.4) is 0 Å². The van der Waals surface area contributed by atoms with Gasteiger partial charge in [-0.2, -0.15) is 0 Å². The molecule has 0 spiro atoms. The quantitative estimate of drug-likeness (QED) is 0.542. The second-order valence-electron chi connectivity index (χ2n) is 7.05. The number of nitrogens with one attached hydrogen (secondary N) is 2. The van der Waals surface area contributed by atoms with Crippen LogP contribution in [0.5, 0.6) is 0 Å². The topological polar surface area (TPSA) is 105 Å². The predicted octanol–water partition coefficient (Wildman–Crippen LogP) is 2.44. The lowest BCUT2D eigenvalue weighted by molar-refractivity contribution is -0.384. The van der Waals surface area contributed by atoms with Crippen molar-refractivity contribution in [1.82, 2.24) is 9.62 Å². The lowest BCUT2D eigenvalue weighted by Crippen LogP contribution is -2.28. The van der Waals surface area contributed by atoms with E-state index < -0.39 is 14.9 Å². The van der Waals surface area contributed by atoms with Crippen molar-refractivity contribution in [3.05, 3.63) is 64.2 Å². The zero-order valence-electron chi connectivity index (χ0n) is 15.8. The summed E-state index contributed by atoms with van der Waals surface area (Å²) in [5.74, 6) is 0.295. The first-order valence-electron chi connectivity index (χ1n) is 9.05. The van der Waals surface area contributed by atoms with E-state index in [4.69, 9.17) is 0 Å². The molecule has 2 atom stereocenters. The highest BCUT2D eigenvalue weighted by atomic mass is 32.2. The van der Waals surface area contributed by atoms with Crippen LogP contribution in [-0.2, 0) is 16.6 Å². The molecule has 1 aliphatic rings. The predicted molar refractivity (Wildman–Crippen MR) is 108 cm³/mol. The van der Waals surface area contributed by atoms with Gasteiger partial charge in [0, 0.05) is 31.7 Å². The largest absolute Gasteiger partial charge is 0.375 e. The summed E-state index contributed by atoms with van der Waals surface area (Å²) in [6, 6.07) is 14.1. The molecule has 9 heteroatoms. The maximum atomic E-state index is 11.9. The van der Waals surface area contributed by atoms with Crippen LogP contribution < -0.4 is 10.0 Å². The molecule has 1 aliphatic heterocycles. The molecule has 2 unspecified atom stereocenters. The van der Waals surface area contributed by atoms with Gasteiger partial charge in [0.25, 0.3) is 5.69 Å². The number of benzene rings is 2. The van der Waals surface area contributed by atoms with Crippen molar-refractivity contribution in [2.45, 2.75) is 24.4 Å². The molecule has 0 aromatic heterocycles. The lowest BCUT2D eigenvalue weighted by Gasteiger charge is -2.19. The summed E-state index contributed by atoms with van der Waals surface area (Å²) in [6.07, 6.45) is 0. The van der Waals surface area contributed by atoms with Crippen LogP contribution in [0.4, 0.5) is 11.4 Å². The minimum Gasteiger partial charge on any atom is -0.375 e. The van der Waals surface area contributed by atoms with Crippen LogP contribution in [0.25, 0.3) is 0 Å². The molecule has 2 aromatic rings. The molecule has 2 aromatic carbocycles. The number of sulfonamides is 1. The fourth-order valence-corrected chi connectivity index (χ4v) is 4.24. The van der Waals surface area contributed by atoms with Crippen molar-refractivity contribution in [1.29, 1.82) is 0 Å². The molecule has 1 heterocycles. The van der Waals surface area contributed by atoms with E-state index in [2.05, 4.69) is 34.0 Å². The minimum absolute atomic E-state index is 0.0363. The highest BCUT2D eigenvalue weighted by Gasteiger charge is 2.31. The highest BCUT2D eigenvalue weighted by molar-refractivity contribution is 7.89. The average Bonchev–Trinajstić information content (AvgIpc) is 3.01. The second-order valence-corrected chi connectivity index (χ2v) is 8.94. The van der Waals surface area contributed by atoms with Gasteiger partial charge in [-0.05, 0) is 30.7 Å². The zero-order valence-corrected chi connectivity index (χ0v) is 16.6. The summed E-state index contributed by atoms with van der Waals surface area (Å²) in [4.78, 5) is 13.1. The number of likely N-dealkylation sites (tertiary alicyclic amines) is 1. The van der Waals surface area contributed by atoms with Gasteiger partial charge in [-0.25, -0.2) is 13.1 Å². The molecule has 1 fully saturated rings. The summed E-state index contributed by atoms with van der Waals surface area (Å²) in [7, 11) is -2.47. The van der Waals surface area contributed by atoms with Crippen LogP contribution in [0.2, 0.25) is 0 Å². The standard InChI is InChI=1S/C19H24N4O4S/c1-14-11-22(12-15-6-4-3-5-7-15)13-18(14)21-17-9-8-16(28(26,27)20-2)10-19(17)23(24)25/h3-10,14,18,20-21H,11-13H2,1-2H3. The molecule has 0 saturated carbocycles. The molecule has 150 valence electrons. The van der Waals surface area contributed by atoms with Crippen molar-refractivity contribution in [3.63, 3.8) is 0 Å². The Hall–Kier alpha value is -2.49. The molecular formula is C19H24N4O4S. The maximum absolute atomic E-state index is 11.9. The third-order valence-corrected chi connectivity index (χ3v) is 6.43. The van der Waals surface area contributed by atoms with Gasteiger partial charge in [0.2, 0.25) is 10.0 Å². The van der Waals surface area contributed by atoms with Crippen LogP contribution in [0.15, 0.2) is 53.4 Å². The maximum Gasteiger partial charge on any atom is 0.293 e. The van der Waals surface area contributed by atoms with Crippen LogP contribution in [0.1, 0.15) is 12.5 Å². The Bertz CT molecular complexity index is 950. The van der Waals surface area contributed by atoms with Crippen LogP contribution in [-0.4, -0.2) is 44.4 Å². The van der Waals surface area contributed by atoms with Crippen molar-refractivity contribution in [2.24, 2.45) is 5.92 Å². The molecule has 0 bridgehead atoms. The van der Waals surface area contributed by atoms with Crippen molar-refractivity contribution >= 4 is 21.4 Å². The SMILES string of the molecule is CNS(=O)(=O)c1ccc(NC2CN(Cc3ccccc3)CC2C)c([N+](=O)[O-])c1. The van der Waals surface area contributed by atoms with Gasteiger partial charge < -0.3 is 5.32 Å². The van der Waals surface area contributed by atoms with Gasteiger partial charge in [0.15, 0.2) is 0 Å². The number of rotatable bonds is 7. The second kappa shape index (κ2) is 8.26. The smallest absolute Gasteiger partial charge is 0.293 e. The molecular weight excluding hydrogens is 380 g/mol. The Labute approximate surface area is 164 Å². The van der Waals surface area contributed by atoms with Crippen molar-refractivity contribution in [2.75, 3.05) is 25.5 Å². The molecule has 28 heavy (non-hydrogen) atoms. The Morgan fingerprint density at radius 1 is 1.18 bits per heavy atom. The zero-order chi connectivity index (χ0) is 20.3. The Kier molecular flexibility index (Phi) is 5.97. The molecule has 2 N–H and O–H groups in total. The number of nitro benzene ring substituents is 1. The van der Waals surface area contributed by atoms with E-state index in [0.717, 1.165) is 25.7 Å². The van der Waals surface area contributed by atoms with Gasteiger partial charge in [-0.1, -0.05) is 37.3 Å². The Morgan fingerprint density at radius 3 is 2.54 bits per heavy atom. The number of hydrogen-bond acceptors (Lipinski definition) is 6. The van der Waals surface area contributed by atoms with Gasteiger partial charge in [0.05, 0.1) is 9.82 Å². The Morgan fingerprint density at radius 2 is 1.89 bits per heavy atom. The summed E-state index contributed by atoms with van der Waals surface area (Å²) >= 11 is 0. The van der Waals surface area contributed by atoms with Gasteiger partial charge in [-0.15, -0.1) is 0 Å². The van der Waals surface area contributed by atoms with Crippen molar-refractivity contribution < 1.29 is 13.3 Å². The first-order chi connectivity index (χ1) is 13.3. The van der Waals surface area contributed by atoms with E-state index in [9.17, 15) is 18.5 Å². The van der Waals surface area contributed by atoms with E-state index in [1.54, 1.807) is 0 Å². The summed E-state index contributed by atoms with van der Waals surface area (Å²) < 4.78 is 26.1. The number of nitrogens with zero attached hydrogens (tertiary/aromatic N) is 2. The monoisotopic (exact) mass is 404 g/mol. The van der Waals surface area contributed by atoms with Crippen LogP contribution in [0, 0.1) is 16.0 Å². The molecule has 8 nitrogen and oxygen atoms in total. The van der Waals surface area contributed by atoms with E-state index >= 15 is 0 Å². The summed E-state index contributed by atoms with van der Waals surface area (Å²) in [5, 5.41) is 14.7. The molecule has 3 rings (SSSR count). The molecule has 1 saturated heterocycles. The minimum atomic E-state index is -3.74. The van der Waals surface area contributed by atoms with E-state index in [-0.39, 0.29) is 16.6 Å². The summed E-state index contributed by atoms with van der Waals surface area (Å²) in [5.41, 5.74) is 1.31. The number of hydrogen-bond donors (Lipinski definition) is 2. The first-order valence-corrected chi connectivity index (χ1v) is 10.5. The van der Waals surface area contributed by atoms with Gasteiger partial charge >= 0.3 is 0 Å². The fraction of sp³-hybridized carbons (Fsp3) is 0.368. The third-order valence-electron chi connectivity index (χ3n) is 5.02.